The zero-order valence-corrected chi connectivity index (χ0v) is 17.7. The number of aromatic nitrogens is 2. The quantitative estimate of drug-likeness (QED) is 0.0861. The molecule has 1 aromatic heterocycles. The number of anilines is 1. The van der Waals surface area contributed by atoms with E-state index >= 15 is 0 Å². The van der Waals surface area contributed by atoms with Crippen LogP contribution in [0.1, 0.15) is 11.6 Å². The second-order valence-electron chi connectivity index (χ2n) is 6.95. The normalized spacial score (nSPS) is 13.5. The predicted molar refractivity (Wildman–Crippen MR) is 114 cm³/mol. The number of aromatic amines is 1. The molecule has 0 aliphatic rings. The summed E-state index contributed by atoms with van der Waals surface area (Å²) in [5.41, 5.74) is -2.87. The van der Waals surface area contributed by atoms with Crippen molar-refractivity contribution >= 4 is 51.5 Å². The van der Waals surface area contributed by atoms with Crippen molar-refractivity contribution < 1.29 is 44.8 Å². The van der Waals surface area contributed by atoms with Crippen LogP contribution in [-0.2, 0) is 23.9 Å². The number of Topliss-reactive ketones (excluding diaryl/α,β-unsaturated/α-hetero) is 2. The minimum absolute atomic E-state index is 0.0447. The molecule has 0 fully saturated rings. The van der Waals surface area contributed by atoms with E-state index in [-0.39, 0.29) is 28.1 Å². The number of H-pyrrole nitrogens is 1. The first-order chi connectivity index (χ1) is 16.5. The number of hydrogen-bond donors (Lipinski definition) is 6. The monoisotopic (exact) mass is 487 g/mol. The third-order valence-electron chi connectivity index (χ3n) is 4.78. The summed E-state index contributed by atoms with van der Waals surface area (Å²) in [5.74, 6) is -8.52. The van der Waals surface area contributed by atoms with E-state index in [0.717, 1.165) is 25.3 Å². The molecule has 0 saturated heterocycles. The Labute approximate surface area is 194 Å². The molecule has 15 heteroatoms. The lowest BCUT2D eigenvalue weighted by Crippen LogP contribution is -2.99. The Kier molecular flexibility index (Phi) is 7.40. The molecule has 0 aliphatic heterocycles. The third-order valence-corrected chi connectivity index (χ3v) is 4.78. The molecule has 182 valence electrons. The molecule has 3 atom stereocenters. The van der Waals surface area contributed by atoms with Crippen LogP contribution in [0.25, 0.3) is 11.0 Å². The molecule has 3 aromatic rings. The lowest BCUT2D eigenvalue weighted by molar-refractivity contribution is -0.991. The van der Waals surface area contributed by atoms with Gasteiger partial charge in [0.1, 0.15) is 17.3 Å². The largest absolute Gasteiger partial charge is 0.595 e. The molecule has 1 amide bonds. The summed E-state index contributed by atoms with van der Waals surface area (Å²) >= 11 is 0. The number of esters is 1. The van der Waals surface area contributed by atoms with Crippen molar-refractivity contribution in [2.75, 3.05) is 12.4 Å². The molecule has 0 radical (unpaired) electrons. The van der Waals surface area contributed by atoms with Gasteiger partial charge in [-0.05, 0) is 12.1 Å². The van der Waals surface area contributed by atoms with Crippen LogP contribution in [-0.4, -0.2) is 50.9 Å². The number of para-hydroxylation sites is 2. The molecule has 0 spiro atoms. The van der Waals surface area contributed by atoms with Gasteiger partial charge in [0, 0.05) is 18.2 Å². The molecule has 1 heterocycles. The molecule has 0 aliphatic carbocycles. The Morgan fingerprint density at radius 3 is 2.37 bits per heavy atom. The maximum absolute atomic E-state index is 13.0. The Morgan fingerprint density at radius 2 is 1.74 bits per heavy atom. The van der Waals surface area contributed by atoms with E-state index in [4.69, 9.17) is 5.21 Å². The van der Waals surface area contributed by atoms with Gasteiger partial charge in [-0.2, -0.15) is 10.5 Å². The summed E-state index contributed by atoms with van der Waals surface area (Å²) in [6, 6.07) is 8.51. The summed E-state index contributed by atoms with van der Waals surface area (Å²) in [4.78, 5) is 69.0. The van der Waals surface area contributed by atoms with Crippen LogP contribution in [0.5, 0.6) is 0 Å². The van der Waals surface area contributed by atoms with Crippen LogP contribution in [0.4, 0.5) is 17.1 Å². The fraction of sp³-hybridized carbons (Fsp3) is 0.100. The highest BCUT2D eigenvalue weighted by atomic mass is 16.8. The molecule has 6 N–H and O–H groups in total. The molecule has 2 aromatic carbocycles. The summed E-state index contributed by atoms with van der Waals surface area (Å²) in [5, 5.41) is 40.2. The molecule has 3 rings (SSSR count). The van der Waals surface area contributed by atoms with Gasteiger partial charge in [0.2, 0.25) is 5.78 Å². The number of fused-ring (bicyclic) bond motifs is 1. The van der Waals surface area contributed by atoms with Crippen molar-refractivity contribution in [2.24, 2.45) is 0 Å². The summed E-state index contributed by atoms with van der Waals surface area (Å²) in [7, 11) is 0.844. The Balaban J connectivity index is 2.07. The fourth-order valence-electron chi connectivity index (χ4n) is 3.11. The molecule has 0 bridgehead atoms. The summed E-state index contributed by atoms with van der Waals surface area (Å²) in [6.07, 6.45) is 0. The van der Waals surface area contributed by atoms with E-state index in [2.05, 4.69) is 20.0 Å². The number of methoxy groups -OCH3 is 1. The zero-order valence-electron chi connectivity index (χ0n) is 17.7. The standard InChI is InChI=1S/C20H17N5O10/c1-35-20(30)17(27)14(16(26)19(29)22-11-4-2-3-5-13(11)25(33)34)15-18(28)23-12-8-9(24(31)32)6-7-10(12)21-15/h2-8,14,24-25,31,33H,1H3,(H,22,29)(H,23,28). The summed E-state index contributed by atoms with van der Waals surface area (Å²) in [6.45, 7) is 0. The SMILES string of the molecule is COC(=O)C(=O)C(C(=O)C(=O)Nc1ccccc1[NH+]([O-])O)c1nc2ccc([NH+]([O-])O)cc2[nH]c1=O. The van der Waals surface area contributed by atoms with Gasteiger partial charge in [0.15, 0.2) is 11.4 Å². The number of nitrogens with one attached hydrogen (secondary N) is 4. The van der Waals surface area contributed by atoms with E-state index in [0.29, 0.717) is 0 Å². The molecule has 35 heavy (non-hydrogen) atoms. The molecule has 15 nitrogen and oxygen atoms in total. The second-order valence-corrected chi connectivity index (χ2v) is 6.95. The highest BCUT2D eigenvalue weighted by Gasteiger charge is 2.40. The van der Waals surface area contributed by atoms with Gasteiger partial charge >= 0.3 is 5.97 Å². The lowest BCUT2D eigenvalue weighted by Gasteiger charge is -2.17. The van der Waals surface area contributed by atoms with Crippen LogP contribution >= 0.6 is 0 Å². The molecule has 3 unspecified atom stereocenters. The van der Waals surface area contributed by atoms with Crippen molar-refractivity contribution in [3.63, 3.8) is 0 Å². The first-order valence-electron chi connectivity index (χ1n) is 9.62. The van der Waals surface area contributed by atoms with E-state index in [9.17, 15) is 39.6 Å². The molecular weight excluding hydrogens is 470 g/mol. The Bertz CT molecular complexity index is 1380. The van der Waals surface area contributed by atoms with E-state index < -0.39 is 51.1 Å². The maximum atomic E-state index is 13.0. The van der Waals surface area contributed by atoms with Crippen molar-refractivity contribution in [2.45, 2.75) is 5.92 Å². The average Bonchev–Trinajstić information content (AvgIpc) is 2.83. The molecule has 0 saturated carbocycles. The van der Waals surface area contributed by atoms with Gasteiger partial charge < -0.3 is 25.5 Å². The third kappa shape index (κ3) is 5.25. The van der Waals surface area contributed by atoms with Gasteiger partial charge in [-0.1, -0.05) is 12.1 Å². The van der Waals surface area contributed by atoms with Crippen LogP contribution < -0.4 is 21.3 Å². The zero-order chi connectivity index (χ0) is 25.9. The van der Waals surface area contributed by atoms with Crippen molar-refractivity contribution in [3.8, 4) is 0 Å². The number of quaternary nitrogens is 2. The highest BCUT2D eigenvalue weighted by Crippen LogP contribution is 2.21. The van der Waals surface area contributed by atoms with Crippen molar-refractivity contribution in [1.29, 1.82) is 0 Å². The maximum Gasteiger partial charge on any atom is 0.375 e. The first-order valence-corrected chi connectivity index (χ1v) is 9.62. The summed E-state index contributed by atoms with van der Waals surface area (Å²) < 4.78 is 4.33. The van der Waals surface area contributed by atoms with Gasteiger partial charge in [0.05, 0.1) is 18.1 Å². The number of hydrogen-bond acceptors (Lipinski definition) is 11. The minimum atomic E-state index is -2.33. The van der Waals surface area contributed by atoms with Crippen LogP contribution in [0.3, 0.4) is 0 Å². The van der Waals surface area contributed by atoms with Crippen LogP contribution in [0.2, 0.25) is 0 Å². The number of rotatable bonds is 8. The number of nitrogens with zero attached hydrogens (tertiary/aromatic N) is 1. The Hall–Kier alpha value is -4.38. The van der Waals surface area contributed by atoms with Gasteiger partial charge in [-0.15, -0.1) is 0 Å². The fourth-order valence-corrected chi connectivity index (χ4v) is 3.11. The topological polar surface area (TPSA) is 231 Å². The van der Waals surface area contributed by atoms with Crippen LogP contribution in [0.15, 0.2) is 47.3 Å². The second kappa shape index (κ2) is 10.3. The number of carbonyl (C=O) groups is 4. The number of ketones is 2. The number of amides is 1. The van der Waals surface area contributed by atoms with Gasteiger partial charge in [-0.3, -0.25) is 19.2 Å². The Morgan fingerprint density at radius 1 is 1.06 bits per heavy atom. The number of carbonyl (C=O) groups excluding carboxylic acids is 4. The van der Waals surface area contributed by atoms with Crippen molar-refractivity contribution in [1.82, 2.24) is 9.97 Å². The van der Waals surface area contributed by atoms with Crippen molar-refractivity contribution in [3.05, 3.63) is 68.9 Å². The first kappa shape index (κ1) is 25.2. The average molecular weight is 487 g/mol. The lowest BCUT2D eigenvalue weighted by atomic mass is 9.94. The highest BCUT2D eigenvalue weighted by molar-refractivity contribution is 6.52. The van der Waals surface area contributed by atoms with Gasteiger partial charge in [-0.25, -0.2) is 20.2 Å². The van der Waals surface area contributed by atoms with Gasteiger partial charge in [0.25, 0.3) is 17.2 Å². The number of benzene rings is 2. The van der Waals surface area contributed by atoms with Crippen LogP contribution in [0, 0.1) is 10.4 Å². The van der Waals surface area contributed by atoms with E-state index in [1.807, 2.05) is 0 Å². The number of ether oxygens (including phenoxy) is 1. The predicted octanol–water partition coefficient (Wildman–Crippen LogP) is -2.24. The molecular formula is C20H17N5O10. The smallest absolute Gasteiger partial charge is 0.375 e. The van der Waals surface area contributed by atoms with E-state index in [1.165, 1.54) is 24.3 Å². The van der Waals surface area contributed by atoms with E-state index in [1.54, 1.807) is 0 Å². The minimum Gasteiger partial charge on any atom is -0.595 e.